The fourth-order valence-corrected chi connectivity index (χ4v) is 4.75. The summed E-state index contributed by atoms with van der Waals surface area (Å²) in [5, 5.41) is 6.69. The van der Waals surface area contributed by atoms with Crippen molar-refractivity contribution < 1.29 is 13.2 Å². The topological polar surface area (TPSA) is 84.3 Å². The third-order valence-electron chi connectivity index (χ3n) is 4.53. The average molecular weight is 376 g/mol. The largest absolute Gasteiger partial charge is 0.322 e. The molecule has 8 heteroatoms. The minimum absolute atomic E-state index is 0.0694. The van der Waals surface area contributed by atoms with Crippen LogP contribution in [-0.2, 0) is 23.5 Å². The fraction of sp³-hybridized carbons (Fsp3) is 0.444. The molecule has 7 nitrogen and oxygen atoms in total. The molecule has 2 heterocycles. The summed E-state index contributed by atoms with van der Waals surface area (Å²) < 4.78 is 28.7. The Kier molecular flexibility index (Phi) is 5.43. The molecule has 26 heavy (non-hydrogen) atoms. The number of carbonyl (C=O) groups is 1. The second-order valence-corrected chi connectivity index (χ2v) is 8.35. The van der Waals surface area contributed by atoms with E-state index in [1.54, 1.807) is 13.1 Å². The average Bonchev–Trinajstić information content (AvgIpc) is 3.05. The summed E-state index contributed by atoms with van der Waals surface area (Å²) in [5.74, 6) is -0.470. The molecule has 1 amide bonds. The Bertz CT molecular complexity index is 899. The molecule has 0 unspecified atom stereocenters. The number of amides is 1. The third kappa shape index (κ3) is 3.81. The van der Waals surface area contributed by atoms with E-state index >= 15 is 0 Å². The van der Waals surface area contributed by atoms with Crippen molar-refractivity contribution in [1.29, 1.82) is 0 Å². The monoisotopic (exact) mass is 376 g/mol. The van der Waals surface area contributed by atoms with E-state index in [-0.39, 0.29) is 10.6 Å². The van der Waals surface area contributed by atoms with Gasteiger partial charge < -0.3 is 5.32 Å². The Morgan fingerprint density at radius 2 is 1.96 bits per heavy atom. The Labute approximate surface area is 154 Å². The van der Waals surface area contributed by atoms with Crippen LogP contribution in [0.15, 0.2) is 35.5 Å². The van der Waals surface area contributed by atoms with E-state index in [9.17, 15) is 13.2 Å². The molecule has 0 radical (unpaired) electrons. The maximum absolute atomic E-state index is 12.9. The van der Waals surface area contributed by atoms with Gasteiger partial charge in [0.2, 0.25) is 5.03 Å². The Balaban J connectivity index is 1.89. The summed E-state index contributed by atoms with van der Waals surface area (Å²) in [6.45, 7) is 2.97. The van der Waals surface area contributed by atoms with Crippen LogP contribution in [-0.4, -0.2) is 41.5 Å². The number of anilines is 1. The summed E-state index contributed by atoms with van der Waals surface area (Å²) in [4.78, 5) is 12.7. The zero-order valence-corrected chi connectivity index (χ0v) is 15.9. The first-order valence-corrected chi connectivity index (χ1v) is 10.3. The predicted molar refractivity (Wildman–Crippen MR) is 99.6 cm³/mol. The van der Waals surface area contributed by atoms with E-state index < -0.39 is 15.9 Å². The number of nitrogens with zero attached hydrogens (tertiary/aromatic N) is 3. The van der Waals surface area contributed by atoms with Gasteiger partial charge >= 0.3 is 0 Å². The molecule has 1 aliphatic rings. The van der Waals surface area contributed by atoms with Crippen LogP contribution in [0.25, 0.3) is 0 Å². The quantitative estimate of drug-likeness (QED) is 0.868. The summed E-state index contributed by atoms with van der Waals surface area (Å²) in [5.41, 5.74) is 1.80. The van der Waals surface area contributed by atoms with Crippen molar-refractivity contribution in [3.63, 3.8) is 0 Å². The SMILES string of the molecule is CCc1cccc(NC(=O)c2cn(C)nc2S(=O)(=O)N2CCCCC2)c1. The molecular weight excluding hydrogens is 352 g/mol. The van der Waals surface area contributed by atoms with Gasteiger partial charge in [-0.2, -0.15) is 9.40 Å². The molecule has 1 aliphatic heterocycles. The molecule has 0 atom stereocenters. The summed E-state index contributed by atoms with van der Waals surface area (Å²) in [6.07, 6.45) is 4.99. The number of hydrogen-bond acceptors (Lipinski definition) is 4. The van der Waals surface area contributed by atoms with Crippen LogP contribution in [0.1, 0.15) is 42.1 Å². The first kappa shape index (κ1) is 18.6. The number of rotatable bonds is 5. The van der Waals surface area contributed by atoms with Gasteiger partial charge in [0.05, 0.1) is 5.56 Å². The molecule has 1 aromatic carbocycles. The molecule has 2 aromatic rings. The van der Waals surface area contributed by atoms with E-state index in [2.05, 4.69) is 10.4 Å². The first-order valence-electron chi connectivity index (χ1n) is 8.86. The first-order chi connectivity index (χ1) is 12.4. The van der Waals surface area contributed by atoms with Crippen molar-refractivity contribution in [3.8, 4) is 0 Å². The van der Waals surface area contributed by atoms with Crippen molar-refractivity contribution in [2.45, 2.75) is 37.6 Å². The fourth-order valence-electron chi connectivity index (χ4n) is 3.11. The molecular formula is C18H24N4O3S. The zero-order valence-electron chi connectivity index (χ0n) is 15.1. The normalized spacial score (nSPS) is 15.8. The molecule has 1 fully saturated rings. The number of nitrogens with one attached hydrogen (secondary N) is 1. The minimum Gasteiger partial charge on any atom is -0.322 e. The number of aromatic nitrogens is 2. The van der Waals surface area contributed by atoms with E-state index in [1.165, 1.54) is 15.2 Å². The van der Waals surface area contributed by atoms with Crippen LogP contribution in [0, 0.1) is 0 Å². The highest BCUT2D eigenvalue weighted by Gasteiger charge is 2.33. The lowest BCUT2D eigenvalue weighted by atomic mass is 10.1. The molecule has 140 valence electrons. The van der Waals surface area contributed by atoms with Gasteiger partial charge in [0.15, 0.2) is 0 Å². The lowest BCUT2D eigenvalue weighted by Crippen LogP contribution is -2.36. The van der Waals surface area contributed by atoms with Crippen molar-refractivity contribution in [3.05, 3.63) is 41.6 Å². The summed E-state index contributed by atoms with van der Waals surface area (Å²) >= 11 is 0. The van der Waals surface area contributed by atoms with Crippen molar-refractivity contribution in [2.24, 2.45) is 7.05 Å². The van der Waals surface area contributed by atoms with E-state index in [0.717, 1.165) is 31.2 Å². The van der Waals surface area contributed by atoms with E-state index in [0.29, 0.717) is 18.8 Å². The van der Waals surface area contributed by atoms with Crippen LogP contribution < -0.4 is 5.32 Å². The van der Waals surface area contributed by atoms with Crippen LogP contribution in [0.3, 0.4) is 0 Å². The lowest BCUT2D eigenvalue weighted by Gasteiger charge is -2.25. The van der Waals surface area contributed by atoms with E-state index in [4.69, 9.17) is 0 Å². The van der Waals surface area contributed by atoms with Gasteiger partial charge in [0, 0.05) is 32.0 Å². The third-order valence-corrected chi connectivity index (χ3v) is 6.37. The summed E-state index contributed by atoms with van der Waals surface area (Å²) in [6, 6.07) is 7.51. The van der Waals surface area contributed by atoms with Crippen LogP contribution in [0.2, 0.25) is 0 Å². The predicted octanol–water partition coefficient (Wildman–Crippen LogP) is 2.41. The van der Waals surface area contributed by atoms with Crippen LogP contribution >= 0.6 is 0 Å². The van der Waals surface area contributed by atoms with Crippen molar-refractivity contribution in [1.82, 2.24) is 14.1 Å². The highest BCUT2D eigenvalue weighted by molar-refractivity contribution is 7.89. The number of benzene rings is 1. The van der Waals surface area contributed by atoms with E-state index in [1.807, 2.05) is 25.1 Å². The Morgan fingerprint density at radius 3 is 2.65 bits per heavy atom. The smallest absolute Gasteiger partial charge is 0.263 e. The Morgan fingerprint density at radius 1 is 1.23 bits per heavy atom. The van der Waals surface area contributed by atoms with Crippen molar-refractivity contribution >= 4 is 21.6 Å². The Hall–Kier alpha value is -2.19. The lowest BCUT2D eigenvalue weighted by molar-refractivity contribution is 0.102. The van der Waals surface area contributed by atoms with Gasteiger partial charge in [-0.15, -0.1) is 0 Å². The molecule has 0 saturated carbocycles. The van der Waals surface area contributed by atoms with Crippen LogP contribution in [0.4, 0.5) is 5.69 Å². The maximum atomic E-state index is 12.9. The number of carbonyl (C=O) groups excluding carboxylic acids is 1. The molecule has 0 bridgehead atoms. The van der Waals surface area contributed by atoms with Gasteiger partial charge in [-0.1, -0.05) is 25.5 Å². The zero-order chi connectivity index (χ0) is 18.7. The van der Waals surface area contributed by atoms with Gasteiger partial charge in [0.1, 0.15) is 0 Å². The van der Waals surface area contributed by atoms with Crippen LogP contribution in [0.5, 0.6) is 0 Å². The molecule has 1 saturated heterocycles. The molecule has 1 aromatic heterocycles. The molecule has 3 rings (SSSR count). The summed E-state index contributed by atoms with van der Waals surface area (Å²) in [7, 11) is -2.17. The van der Waals surface area contributed by atoms with Gasteiger partial charge in [-0.25, -0.2) is 8.42 Å². The number of aryl methyl sites for hydroxylation is 2. The number of sulfonamides is 1. The molecule has 0 spiro atoms. The maximum Gasteiger partial charge on any atom is 0.263 e. The highest BCUT2D eigenvalue weighted by atomic mass is 32.2. The minimum atomic E-state index is -3.78. The highest BCUT2D eigenvalue weighted by Crippen LogP contribution is 2.23. The number of piperidine rings is 1. The van der Waals surface area contributed by atoms with Gasteiger partial charge in [-0.3, -0.25) is 9.48 Å². The molecule has 0 aliphatic carbocycles. The molecule has 1 N–H and O–H groups in total. The van der Waals surface area contributed by atoms with Gasteiger partial charge in [0.25, 0.3) is 15.9 Å². The standard InChI is InChI=1S/C18H24N4O3S/c1-3-14-8-7-9-15(12-14)19-17(23)16-13-21(2)20-18(16)26(24,25)22-10-5-4-6-11-22/h7-9,12-13H,3-6,10-11H2,1-2H3,(H,19,23). The second kappa shape index (κ2) is 7.59. The number of hydrogen-bond donors (Lipinski definition) is 1. The van der Waals surface area contributed by atoms with Gasteiger partial charge in [-0.05, 0) is 37.0 Å². The van der Waals surface area contributed by atoms with Crippen molar-refractivity contribution in [2.75, 3.05) is 18.4 Å². The second-order valence-electron chi connectivity index (χ2n) is 6.49.